The zero-order chi connectivity index (χ0) is 15.5. The van der Waals surface area contributed by atoms with Gasteiger partial charge in [0.25, 0.3) is 0 Å². The van der Waals surface area contributed by atoms with Crippen LogP contribution in [0.2, 0.25) is 0 Å². The predicted molar refractivity (Wildman–Crippen MR) is 91.2 cm³/mol. The number of fused-ring (bicyclic) bond motifs is 1. The van der Waals surface area contributed by atoms with Crippen LogP contribution in [0.4, 0.5) is 10.5 Å². The van der Waals surface area contributed by atoms with Crippen molar-refractivity contribution in [3.63, 3.8) is 0 Å². The Morgan fingerprint density at radius 1 is 1.14 bits per heavy atom. The first-order chi connectivity index (χ1) is 10.6. The molecular weight excluding hydrogens is 274 g/mol. The van der Waals surface area contributed by atoms with Gasteiger partial charge in [0.05, 0.1) is 5.69 Å². The maximum atomic E-state index is 12.5. The van der Waals surface area contributed by atoms with Gasteiger partial charge < -0.3 is 15.1 Å². The normalized spacial score (nSPS) is 16.6. The van der Waals surface area contributed by atoms with Crippen molar-refractivity contribution in [1.29, 1.82) is 0 Å². The minimum absolute atomic E-state index is 0.0223. The fourth-order valence-electron chi connectivity index (χ4n) is 3.09. The summed E-state index contributed by atoms with van der Waals surface area (Å²) in [7, 11) is 4.03. The van der Waals surface area contributed by atoms with Crippen LogP contribution in [0.25, 0.3) is 10.8 Å². The third kappa shape index (κ3) is 3.07. The van der Waals surface area contributed by atoms with E-state index >= 15 is 0 Å². The first-order valence-corrected chi connectivity index (χ1v) is 7.85. The van der Waals surface area contributed by atoms with Crippen molar-refractivity contribution in [1.82, 2.24) is 9.80 Å². The molecule has 1 saturated heterocycles. The number of hydrogen-bond donors (Lipinski definition) is 1. The molecule has 1 aliphatic heterocycles. The lowest BCUT2D eigenvalue weighted by Crippen LogP contribution is -2.46. The summed E-state index contributed by atoms with van der Waals surface area (Å²) in [6.45, 7) is 2.10. The molecule has 22 heavy (non-hydrogen) atoms. The van der Waals surface area contributed by atoms with Crippen molar-refractivity contribution in [2.24, 2.45) is 0 Å². The topological polar surface area (TPSA) is 35.6 Å². The zero-order valence-corrected chi connectivity index (χ0v) is 13.2. The molecule has 2 aromatic carbocycles. The Bertz CT molecular complexity index is 657. The largest absolute Gasteiger partial charge is 0.325 e. The number of anilines is 1. The molecule has 1 N–H and O–H groups in total. The van der Waals surface area contributed by atoms with E-state index in [4.69, 9.17) is 0 Å². The Kier molecular flexibility index (Phi) is 4.29. The highest BCUT2D eigenvalue weighted by Gasteiger charge is 2.24. The molecule has 0 bridgehead atoms. The molecule has 0 spiro atoms. The van der Waals surface area contributed by atoms with E-state index in [1.807, 2.05) is 42.3 Å². The van der Waals surface area contributed by atoms with Crippen molar-refractivity contribution in [3.05, 3.63) is 42.5 Å². The van der Waals surface area contributed by atoms with Crippen molar-refractivity contribution in [2.75, 3.05) is 32.5 Å². The van der Waals surface area contributed by atoms with E-state index in [-0.39, 0.29) is 6.03 Å². The van der Waals surface area contributed by atoms with Crippen molar-refractivity contribution in [3.8, 4) is 0 Å². The lowest BCUT2D eigenvalue weighted by atomic mass is 10.0. The molecule has 0 atom stereocenters. The highest BCUT2D eigenvalue weighted by atomic mass is 16.2. The van der Waals surface area contributed by atoms with Gasteiger partial charge in [-0.3, -0.25) is 0 Å². The van der Waals surface area contributed by atoms with Crippen molar-refractivity contribution < 1.29 is 4.79 Å². The molecule has 0 saturated carbocycles. The van der Waals surface area contributed by atoms with Gasteiger partial charge in [-0.25, -0.2) is 4.79 Å². The van der Waals surface area contributed by atoms with Gasteiger partial charge in [0.1, 0.15) is 0 Å². The van der Waals surface area contributed by atoms with E-state index in [0.717, 1.165) is 42.4 Å². The van der Waals surface area contributed by atoms with E-state index in [9.17, 15) is 4.79 Å². The summed E-state index contributed by atoms with van der Waals surface area (Å²) in [5, 5.41) is 5.29. The number of rotatable bonds is 2. The Balaban J connectivity index is 1.73. The molecule has 0 aliphatic carbocycles. The van der Waals surface area contributed by atoms with Gasteiger partial charge in [0.2, 0.25) is 0 Å². The highest BCUT2D eigenvalue weighted by Crippen LogP contribution is 2.24. The van der Waals surface area contributed by atoms with E-state index in [2.05, 4.69) is 29.4 Å². The maximum Gasteiger partial charge on any atom is 0.321 e. The summed E-state index contributed by atoms with van der Waals surface area (Å²) in [6, 6.07) is 14.4. The second kappa shape index (κ2) is 6.36. The minimum atomic E-state index is -0.0223. The van der Waals surface area contributed by atoms with Crippen LogP contribution in [0.5, 0.6) is 0 Å². The molecule has 116 valence electrons. The van der Waals surface area contributed by atoms with Crippen LogP contribution < -0.4 is 5.32 Å². The Labute approximate surface area is 131 Å². The molecular formula is C18H23N3O. The Hall–Kier alpha value is -2.07. The molecule has 4 nitrogen and oxygen atoms in total. The molecule has 0 unspecified atom stereocenters. The number of urea groups is 1. The number of hydrogen-bond acceptors (Lipinski definition) is 2. The summed E-state index contributed by atoms with van der Waals surface area (Å²) >= 11 is 0. The highest BCUT2D eigenvalue weighted by molar-refractivity contribution is 6.01. The van der Waals surface area contributed by atoms with Crippen LogP contribution in [0.1, 0.15) is 12.8 Å². The number of carbonyl (C=O) groups excluding carboxylic acids is 1. The SMILES string of the molecule is CN1CCC(N(C)C(=O)Nc2cccc3ccccc23)CC1. The van der Waals surface area contributed by atoms with Gasteiger partial charge in [-0.2, -0.15) is 0 Å². The van der Waals surface area contributed by atoms with Crippen LogP contribution in [0, 0.1) is 0 Å². The standard InChI is InChI=1S/C18H23N3O/c1-20-12-10-15(11-13-20)21(2)18(22)19-17-9-5-7-14-6-3-4-8-16(14)17/h3-9,15H,10-13H2,1-2H3,(H,19,22). The van der Waals surface area contributed by atoms with Gasteiger partial charge in [0, 0.05) is 18.5 Å². The summed E-state index contributed by atoms with van der Waals surface area (Å²) in [4.78, 5) is 16.7. The average molecular weight is 297 g/mol. The number of benzene rings is 2. The number of amides is 2. The summed E-state index contributed by atoms with van der Waals surface area (Å²) in [6.07, 6.45) is 2.08. The molecule has 3 rings (SSSR count). The Morgan fingerprint density at radius 3 is 2.59 bits per heavy atom. The molecule has 4 heteroatoms. The molecule has 1 heterocycles. The lowest BCUT2D eigenvalue weighted by molar-refractivity contribution is 0.156. The minimum Gasteiger partial charge on any atom is -0.325 e. The molecule has 1 aliphatic rings. The maximum absolute atomic E-state index is 12.5. The number of carbonyl (C=O) groups is 1. The molecule has 2 amide bonds. The summed E-state index contributed by atoms with van der Waals surface area (Å²) < 4.78 is 0. The summed E-state index contributed by atoms with van der Waals surface area (Å²) in [5.74, 6) is 0. The van der Waals surface area contributed by atoms with Crippen LogP contribution in [-0.4, -0.2) is 49.1 Å². The van der Waals surface area contributed by atoms with E-state index < -0.39 is 0 Å². The van der Waals surface area contributed by atoms with Crippen molar-refractivity contribution in [2.45, 2.75) is 18.9 Å². The van der Waals surface area contributed by atoms with Gasteiger partial charge in [-0.1, -0.05) is 36.4 Å². The number of nitrogens with zero attached hydrogens (tertiary/aromatic N) is 2. The molecule has 0 radical (unpaired) electrons. The smallest absolute Gasteiger partial charge is 0.321 e. The van der Waals surface area contributed by atoms with Crippen LogP contribution >= 0.6 is 0 Å². The second-order valence-corrected chi connectivity index (χ2v) is 6.10. The van der Waals surface area contributed by atoms with Crippen LogP contribution in [-0.2, 0) is 0 Å². The Morgan fingerprint density at radius 2 is 1.82 bits per heavy atom. The quantitative estimate of drug-likeness (QED) is 0.922. The molecule has 0 aromatic heterocycles. The molecule has 1 fully saturated rings. The van der Waals surface area contributed by atoms with E-state index in [1.165, 1.54) is 0 Å². The third-order valence-electron chi connectivity index (χ3n) is 4.59. The number of nitrogens with one attached hydrogen (secondary N) is 1. The van der Waals surface area contributed by atoms with E-state index in [1.54, 1.807) is 0 Å². The number of likely N-dealkylation sites (tertiary alicyclic amines) is 1. The average Bonchev–Trinajstić information content (AvgIpc) is 2.55. The monoisotopic (exact) mass is 297 g/mol. The fraction of sp³-hybridized carbons (Fsp3) is 0.389. The van der Waals surface area contributed by atoms with Gasteiger partial charge >= 0.3 is 6.03 Å². The van der Waals surface area contributed by atoms with Gasteiger partial charge in [-0.15, -0.1) is 0 Å². The zero-order valence-electron chi connectivity index (χ0n) is 13.2. The van der Waals surface area contributed by atoms with Crippen molar-refractivity contribution >= 4 is 22.5 Å². The van der Waals surface area contributed by atoms with Crippen LogP contribution in [0.15, 0.2) is 42.5 Å². The first-order valence-electron chi connectivity index (χ1n) is 7.85. The lowest BCUT2D eigenvalue weighted by Gasteiger charge is -2.35. The predicted octanol–water partition coefficient (Wildman–Crippen LogP) is 3.40. The van der Waals surface area contributed by atoms with E-state index in [0.29, 0.717) is 6.04 Å². The van der Waals surface area contributed by atoms with Crippen LogP contribution in [0.3, 0.4) is 0 Å². The third-order valence-corrected chi connectivity index (χ3v) is 4.59. The first kappa shape index (κ1) is 14.9. The fourth-order valence-corrected chi connectivity index (χ4v) is 3.09. The molecule has 2 aromatic rings. The summed E-state index contributed by atoms with van der Waals surface area (Å²) in [5.41, 5.74) is 0.878. The second-order valence-electron chi connectivity index (χ2n) is 6.10. The van der Waals surface area contributed by atoms with Gasteiger partial charge in [-0.05, 0) is 44.4 Å². The van der Waals surface area contributed by atoms with Gasteiger partial charge in [0.15, 0.2) is 0 Å². The number of piperidine rings is 1.